The van der Waals surface area contributed by atoms with Crippen LogP contribution in [-0.4, -0.2) is 32.8 Å². The number of fused-ring (bicyclic) bond motifs is 1. The normalized spacial score (nSPS) is 10.9. The van der Waals surface area contributed by atoms with Crippen LogP contribution >= 0.6 is 0 Å². The van der Waals surface area contributed by atoms with Crippen LogP contribution in [0.5, 0.6) is 0 Å². The smallest absolute Gasteiger partial charge is 0.253 e. The van der Waals surface area contributed by atoms with Crippen molar-refractivity contribution in [2.45, 2.75) is 20.0 Å². The van der Waals surface area contributed by atoms with E-state index in [9.17, 15) is 9.18 Å². The molecule has 2 aromatic carbocycles. The average Bonchev–Trinajstić information content (AvgIpc) is 2.96. The SMILES string of the molecule is CCn1nnc2cc(C(=O)N(C)Cc3cccc(F)c3)ccc21. The van der Waals surface area contributed by atoms with Crippen molar-refractivity contribution < 1.29 is 9.18 Å². The standard InChI is InChI=1S/C17H17FN4O/c1-3-22-16-8-7-13(10-15(16)19-20-22)17(23)21(2)11-12-5-4-6-14(18)9-12/h4-10H,3,11H2,1-2H3. The summed E-state index contributed by atoms with van der Waals surface area (Å²) < 4.78 is 15.0. The fourth-order valence-corrected chi connectivity index (χ4v) is 2.54. The Morgan fingerprint density at radius 2 is 2.09 bits per heavy atom. The highest BCUT2D eigenvalue weighted by Gasteiger charge is 2.14. The third-order valence-corrected chi connectivity index (χ3v) is 3.72. The van der Waals surface area contributed by atoms with Crippen LogP contribution in [0.3, 0.4) is 0 Å². The van der Waals surface area contributed by atoms with Crippen molar-refractivity contribution in [2.24, 2.45) is 0 Å². The van der Waals surface area contributed by atoms with Crippen LogP contribution in [0.25, 0.3) is 11.0 Å². The van der Waals surface area contributed by atoms with E-state index in [2.05, 4.69) is 10.3 Å². The van der Waals surface area contributed by atoms with E-state index in [0.717, 1.165) is 17.6 Å². The van der Waals surface area contributed by atoms with E-state index in [4.69, 9.17) is 0 Å². The molecule has 0 aliphatic heterocycles. The zero-order chi connectivity index (χ0) is 16.4. The lowest BCUT2D eigenvalue weighted by Crippen LogP contribution is -2.26. The summed E-state index contributed by atoms with van der Waals surface area (Å²) in [5, 5.41) is 8.12. The second-order valence-corrected chi connectivity index (χ2v) is 5.40. The van der Waals surface area contributed by atoms with Crippen LogP contribution in [0.15, 0.2) is 42.5 Å². The first-order valence-corrected chi connectivity index (χ1v) is 7.41. The summed E-state index contributed by atoms with van der Waals surface area (Å²) in [6.07, 6.45) is 0. The van der Waals surface area contributed by atoms with E-state index in [1.807, 2.05) is 13.0 Å². The van der Waals surface area contributed by atoms with Crippen molar-refractivity contribution in [1.82, 2.24) is 19.9 Å². The second kappa shape index (κ2) is 6.16. The summed E-state index contributed by atoms with van der Waals surface area (Å²) in [6, 6.07) is 11.6. The van der Waals surface area contributed by atoms with Crippen molar-refractivity contribution in [2.75, 3.05) is 7.05 Å². The average molecular weight is 312 g/mol. The molecule has 0 spiro atoms. The van der Waals surface area contributed by atoms with E-state index in [-0.39, 0.29) is 11.7 Å². The molecule has 6 heteroatoms. The molecule has 0 aliphatic carbocycles. The summed E-state index contributed by atoms with van der Waals surface area (Å²) in [4.78, 5) is 14.1. The minimum atomic E-state index is -0.305. The Balaban J connectivity index is 1.81. The first-order chi connectivity index (χ1) is 11.1. The van der Waals surface area contributed by atoms with Crippen LogP contribution < -0.4 is 0 Å². The van der Waals surface area contributed by atoms with Gasteiger partial charge in [-0.3, -0.25) is 4.79 Å². The summed E-state index contributed by atoms with van der Waals surface area (Å²) in [5.41, 5.74) is 2.88. The van der Waals surface area contributed by atoms with Gasteiger partial charge in [0.2, 0.25) is 0 Å². The summed E-state index contributed by atoms with van der Waals surface area (Å²) >= 11 is 0. The fourth-order valence-electron chi connectivity index (χ4n) is 2.54. The molecular formula is C17H17FN4O. The topological polar surface area (TPSA) is 51.0 Å². The van der Waals surface area contributed by atoms with Gasteiger partial charge in [0.15, 0.2) is 0 Å². The molecule has 23 heavy (non-hydrogen) atoms. The van der Waals surface area contributed by atoms with E-state index >= 15 is 0 Å². The number of carbonyl (C=O) groups excluding carboxylic acids is 1. The predicted octanol–water partition coefficient (Wildman–Crippen LogP) is 2.86. The van der Waals surface area contributed by atoms with Crippen LogP contribution in [-0.2, 0) is 13.1 Å². The van der Waals surface area contributed by atoms with Crippen LogP contribution in [0.4, 0.5) is 4.39 Å². The molecule has 1 amide bonds. The third-order valence-electron chi connectivity index (χ3n) is 3.72. The highest BCUT2D eigenvalue weighted by molar-refractivity contribution is 5.97. The first kappa shape index (κ1) is 15.1. The number of amides is 1. The molecule has 0 radical (unpaired) electrons. The Kier molecular flexibility index (Phi) is 4.06. The van der Waals surface area contributed by atoms with Gasteiger partial charge in [-0.15, -0.1) is 5.10 Å². The highest BCUT2D eigenvalue weighted by Crippen LogP contribution is 2.16. The van der Waals surface area contributed by atoms with Gasteiger partial charge in [-0.05, 0) is 42.8 Å². The maximum Gasteiger partial charge on any atom is 0.253 e. The van der Waals surface area contributed by atoms with Crippen molar-refractivity contribution in [3.63, 3.8) is 0 Å². The summed E-state index contributed by atoms with van der Waals surface area (Å²) in [6.45, 7) is 3.06. The number of aromatic nitrogens is 3. The highest BCUT2D eigenvalue weighted by atomic mass is 19.1. The van der Waals surface area contributed by atoms with Crippen molar-refractivity contribution in [1.29, 1.82) is 0 Å². The lowest BCUT2D eigenvalue weighted by Gasteiger charge is -2.17. The molecule has 118 valence electrons. The Morgan fingerprint density at radius 1 is 1.26 bits per heavy atom. The molecule has 0 fully saturated rings. The summed E-state index contributed by atoms with van der Waals surface area (Å²) in [5.74, 6) is -0.442. The van der Waals surface area contributed by atoms with Gasteiger partial charge in [0.1, 0.15) is 11.3 Å². The Labute approximate surface area is 133 Å². The van der Waals surface area contributed by atoms with Gasteiger partial charge < -0.3 is 4.90 Å². The number of rotatable bonds is 4. The Morgan fingerprint density at radius 3 is 2.83 bits per heavy atom. The van der Waals surface area contributed by atoms with Crippen molar-refractivity contribution >= 4 is 16.9 Å². The van der Waals surface area contributed by atoms with E-state index in [1.54, 1.807) is 40.9 Å². The second-order valence-electron chi connectivity index (χ2n) is 5.40. The van der Waals surface area contributed by atoms with Crippen LogP contribution in [0.2, 0.25) is 0 Å². The van der Waals surface area contributed by atoms with Gasteiger partial charge in [0.25, 0.3) is 5.91 Å². The minimum absolute atomic E-state index is 0.137. The molecule has 0 bridgehead atoms. The van der Waals surface area contributed by atoms with Gasteiger partial charge in [0.05, 0.1) is 5.52 Å². The molecule has 0 aliphatic rings. The molecule has 3 aromatic rings. The zero-order valence-corrected chi connectivity index (χ0v) is 13.0. The number of halogens is 1. The van der Waals surface area contributed by atoms with Crippen LogP contribution in [0.1, 0.15) is 22.8 Å². The number of carbonyl (C=O) groups is 1. The van der Waals surface area contributed by atoms with E-state index in [1.165, 1.54) is 12.1 Å². The molecule has 0 saturated carbocycles. The number of hydrogen-bond donors (Lipinski definition) is 0. The Hall–Kier alpha value is -2.76. The maximum absolute atomic E-state index is 13.2. The maximum atomic E-state index is 13.2. The van der Waals surface area contributed by atoms with E-state index < -0.39 is 0 Å². The monoisotopic (exact) mass is 312 g/mol. The zero-order valence-electron chi connectivity index (χ0n) is 13.0. The van der Waals surface area contributed by atoms with Gasteiger partial charge in [0, 0.05) is 25.7 Å². The molecule has 5 nitrogen and oxygen atoms in total. The lowest BCUT2D eigenvalue weighted by molar-refractivity contribution is 0.0785. The molecular weight excluding hydrogens is 295 g/mol. The molecule has 0 unspecified atom stereocenters. The summed E-state index contributed by atoms with van der Waals surface area (Å²) in [7, 11) is 1.69. The van der Waals surface area contributed by atoms with Gasteiger partial charge in [-0.2, -0.15) is 0 Å². The molecule has 0 atom stereocenters. The first-order valence-electron chi connectivity index (χ1n) is 7.41. The predicted molar refractivity (Wildman–Crippen MR) is 85.4 cm³/mol. The molecule has 1 aromatic heterocycles. The van der Waals surface area contributed by atoms with Gasteiger partial charge >= 0.3 is 0 Å². The third kappa shape index (κ3) is 3.06. The number of hydrogen-bond acceptors (Lipinski definition) is 3. The molecule has 0 saturated heterocycles. The van der Waals surface area contributed by atoms with Gasteiger partial charge in [-0.1, -0.05) is 17.3 Å². The quantitative estimate of drug-likeness (QED) is 0.744. The number of benzene rings is 2. The van der Waals surface area contributed by atoms with Crippen LogP contribution in [0, 0.1) is 5.82 Å². The minimum Gasteiger partial charge on any atom is -0.337 e. The van der Waals surface area contributed by atoms with Gasteiger partial charge in [-0.25, -0.2) is 9.07 Å². The number of aryl methyl sites for hydroxylation is 1. The molecule has 3 rings (SSSR count). The lowest BCUT2D eigenvalue weighted by atomic mass is 10.1. The largest absolute Gasteiger partial charge is 0.337 e. The van der Waals surface area contributed by atoms with Crippen molar-refractivity contribution in [3.05, 3.63) is 59.4 Å². The van der Waals surface area contributed by atoms with Crippen molar-refractivity contribution in [3.8, 4) is 0 Å². The van der Waals surface area contributed by atoms with E-state index in [0.29, 0.717) is 17.6 Å². The molecule has 1 heterocycles. The fraction of sp³-hybridized carbons (Fsp3) is 0.235. The number of nitrogens with zero attached hydrogens (tertiary/aromatic N) is 4. The Bertz CT molecular complexity index is 859. The molecule has 0 N–H and O–H groups in total.